The smallest absolute Gasteiger partial charge is 0.263 e. The number of hydrogen-bond acceptors (Lipinski definition) is 2. The molecule has 0 aliphatic heterocycles. The van der Waals surface area contributed by atoms with Crippen molar-refractivity contribution in [3.8, 4) is 0 Å². The zero-order valence-corrected chi connectivity index (χ0v) is 13.2. The molecule has 0 aromatic heterocycles. The SMILES string of the molecule is Cc1ccc(Cl)cc1NS(=O)(=O)c1ccccc1Br. The maximum atomic E-state index is 12.3. The molecule has 0 aliphatic carbocycles. The fourth-order valence-corrected chi connectivity index (χ4v) is 3.86. The lowest BCUT2D eigenvalue weighted by molar-refractivity contribution is 0.600. The summed E-state index contributed by atoms with van der Waals surface area (Å²) < 4.78 is 27.7. The highest BCUT2D eigenvalue weighted by Crippen LogP contribution is 2.26. The van der Waals surface area contributed by atoms with Crippen LogP contribution in [-0.4, -0.2) is 8.42 Å². The third-order valence-electron chi connectivity index (χ3n) is 2.57. The minimum Gasteiger partial charge on any atom is -0.279 e. The Morgan fingerprint density at radius 1 is 1.16 bits per heavy atom. The number of aryl methyl sites for hydroxylation is 1. The van der Waals surface area contributed by atoms with Crippen LogP contribution in [0.5, 0.6) is 0 Å². The van der Waals surface area contributed by atoms with Crippen LogP contribution in [0.3, 0.4) is 0 Å². The number of anilines is 1. The summed E-state index contributed by atoms with van der Waals surface area (Å²) in [6.07, 6.45) is 0. The van der Waals surface area contributed by atoms with Gasteiger partial charge < -0.3 is 0 Å². The van der Waals surface area contributed by atoms with E-state index in [9.17, 15) is 8.42 Å². The van der Waals surface area contributed by atoms with Crippen molar-refractivity contribution in [2.24, 2.45) is 0 Å². The van der Waals surface area contributed by atoms with E-state index in [2.05, 4.69) is 20.7 Å². The Morgan fingerprint density at radius 3 is 2.53 bits per heavy atom. The van der Waals surface area contributed by atoms with Gasteiger partial charge in [-0.15, -0.1) is 0 Å². The monoisotopic (exact) mass is 359 g/mol. The van der Waals surface area contributed by atoms with Crippen LogP contribution in [0.1, 0.15) is 5.56 Å². The lowest BCUT2D eigenvalue weighted by Crippen LogP contribution is -2.14. The van der Waals surface area contributed by atoms with Crippen molar-refractivity contribution in [1.82, 2.24) is 0 Å². The van der Waals surface area contributed by atoms with Crippen molar-refractivity contribution in [3.05, 3.63) is 57.5 Å². The molecule has 2 aromatic carbocycles. The predicted molar refractivity (Wildman–Crippen MR) is 81.1 cm³/mol. The van der Waals surface area contributed by atoms with Gasteiger partial charge in [-0.2, -0.15) is 0 Å². The fourth-order valence-electron chi connectivity index (χ4n) is 1.57. The first-order valence-electron chi connectivity index (χ1n) is 5.43. The maximum Gasteiger partial charge on any atom is 0.263 e. The van der Waals surface area contributed by atoms with Crippen LogP contribution in [-0.2, 0) is 10.0 Å². The Balaban J connectivity index is 2.43. The van der Waals surface area contributed by atoms with Crippen LogP contribution in [0.15, 0.2) is 51.8 Å². The van der Waals surface area contributed by atoms with Gasteiger partial charge in [0.2, 0.25) is 0 Å². The molecule has 0 radical (unpaired) electrons. The third kappa shape index (κ3) is 3.29. The van der Waals surface area contributed by atoms with E-state index in [0.29, 0.717) is 15.2 Å². The molecule has 0 unspecified atom stereocenters. The number of sulfonamides is 1. The lowest BCUT2D eigenvalue weighted by Gasteiger charge is -2.11. The van der Waals surface area contributed by atoms with Gasteiger partial charge in [-0.05, 0) is 52.7 Å². The molecule has 2 aromatic rings. The number of benzene rings is 2. The van der Waals surface area contributed by atoms with E-state index in [-0.39, 0.29) is 4.90 Å². The van der Waals surface area contributed by atoms with Crippen molar-refractivity contribution in [3.63, 3.8) is 0 Å². The molecule has 2 rings (SSSR count). The maximum absolute atomic E-state index is 12.3. The van der Waals surface area contributed by atoms with Gasteiger partial charge in [0, 0.05) is 9.50 Å². The van der Waals surface area contributed by atoms with Crippen molar-refractivity contribution < 1.29 is 8.42 Å². The highest BCUT2D eigenvalue weighted by atomic mass is 79.9. The Hall–Kier alpha value is -1.04. The molecule has 100 valence electrons. The quantitative estimate of drug-likeness (QED) is 0.891. The van der Waals surface area contributed by atoms with Crippen LogP contribution in [0.2, 0.25) is 5.02 Å². The Labute approximate surface area is 125 Å². The van der Waals surface area contributed by atoms with Crippen molar-refractivity contribution >= 4 is 43.2 Å². The van der Waals surface area contributed by atoms with Gasteiger partial charge in [-0.3, -0.25) is 4.72 Å². The van der Waals surface area contributed by atoms with Gasteiger partial charge in [0.25, 0.3) is 10.0 Å². The first-order chi connectivity index (χ1) is 8.90. The van der Waals surface area contributed by atoms with Gasteiger partial charge in [-0.25, -0.2) is 8.42 Å². The minimum absolute atomic E-state index is 0.189. The Morgan fingerprint density at radius 2 is 1.84 bits per heavy atom. The van der Waals surface area contributed by atoms with Crippen LogP contribution < -0.4 is 4.72 Å². The molecule has 0 atom stereocenters. The molecule has 0 aliphatic rings. The first-order valence-corrected chi connectivity index (χ1v) is 8.09. The second-order valence-corrected chi connectivity index (χ2v) is 6.94. The van der Waals surface area contributed by atoms with Gasteiger partial charge in [0.1, 0.15) is 4.90 Å². The van der Waals surface area contributed by atoms with E-state index >= 15 is 0 Å². The molecule has 0 spiro atoms. The number of hydrogen-bond donors (Lipinski definition) is 1. The molecule has 6 heteroatoms. The summed E-state index contributed by atoms with van der Waals surface area (Å²) in [7, 11) is -3.64. The van der Waals surface area contributed by atoms with E-state index in [4.69, 9.17) is 11.6 Å². The van der Waals surface area contributed by atoms with Crippen LogP contribution in [0.25, 0.3) is 0 Å². The largest absolute Gasteiger partial charge is 0.279 e. The third-order valence-corrected chi connectivity index (χ3v) is 5.18. The van der Waals surface area contributed by atoms with E-state index in [1.165, 1.54) is 6.07 Å². The molecule has 0 saturated carbocycles. The molecule has 0 fully saturated rings. The molecular weight excluding hydrogens is 350 g/mol. The summed E-state index contributed by atoms with van der Waals surface area (Å²) >= 11 is 9.11. The Bertz CT molecular complexity index is 716. The molecule has 0 bridgehead atoms. The van der Waals surface area contributed by atoms with Crippen LogP contribution >= 0.6 is 27.5 Å². The number of halogens is 2. The predicted octanol–water partition coefficient (Wildman–Crippen LogP) is 4.21. The summed E-state index contributed by atoms with van der Waals surface area (Å²) in [6, 6.07) is 11.7. The zero-order chi connectivity index (χ0) is 14.0. The average Bonchev–Trinajstić information content (AvgIpc) is 2.34. The fraction of sp³-hybridized carbons (Fsp3) is 0.0769. The summed E-state index contributed by atoms with van der Waals surface area (Å²) in [5.41, 5.74) is 1.28. The first kappa shape index (κ1) is 14.4. The standard InChI is InChI=1S/C13H11BrClNO2S/c1-9-6-7-10(15)8-12(9)16-19(17,18)13-5-3-2-4-11(13)14/h2-8,16H,1H3. The van der Waals surface area contributed by atoms with E-state index < -0.39 is 10.0 Å². The second kappa shape index (κ2) is 5.53. The lowest BCUT2D eigenvalue weighted by atomic mass is 10.2. The van der Waals surface area contributed by atoms with Crippen molar-refractivity contribution in [2.75, 3.05) is 4.72 Å². The number of rotatable bonds is 3. The summed E-state index contributed by atoms with van der Waals surface area (Å²) in [5, 5.41) is 0.482. The molecule has 0 amide bonds. The highest BCUT2D eigenvalue weighted by Gasteiger charge is 2.18. The summed E-state index contributed by atoms with van der Waals surface area (Å²) in [4.78, 5) is 0.189. The van der Waals surface area contributed by atoms with Crippen molar-refractivity contribution in [1.29, 1.82) is 0 Å². The van der Waals surface area contributed by atoms with Gasteiger partial charge in [0.05, 0.1) is 5.69 Å². The van der Waals surface area contributed by atoms with E-state index in [0.717, 1.165) is 5.56 Å². The Kier molecular flexibility index (Phi) is 4.18. The van der Waals surface area contributed by atoms with Crippen LogP contribution in [0.4, 0.5) is 5.69 Å². The summed E-state index contributed by atoms with van der Waals surface area (Å²) in [6.45, 7) is 1.81. The molecule has 0 heterocycles. The van der Waals surface area contributed by atoms with Crippen LogP contribution in [0, 0.1) is 6.92 Å². The van der Waals surface area contributed by atoms with Crippen molar-refractivity contribution in [2.45, 2.75) is 11.8 Å². The van der Waals surface area contributed by atoms with Gasteiger partial charge in [0.15, 0.2) is 0 Å². The summed E-state index contributed by atoms with van der Waals surface area (Å²) in [5.74, 6) is 0. The average molecular weight is 361 g/mol. The second-order valence-electron chi connectivity index (χ2n) is 4.00. The zero-order valence-electron chi connectivity index (χ0n) is 10.0. The highest BCUT2D eigenvalue weighted by molar-refractivity contribution is 9.10. The minimum atomic E-state index is -3.64. The normalized spacial score (nSPS) is 11.3. The molecular formula is C13H11BrClNO2S. The molecule has 1 N–H and O–H groups in total. The molecule has 0 saturated heterocycles. The van der Waals surface area contributed by atoms with E-state index in [1.54, 1.807) is 36.4 Å². The van der Waals surface area contributed by atoms with E-state index in [1.807, 2.05) is 6.92 Å². The molecule has 19 heavy (non-hydrogen) atoms. The number of nitrogens with one attached hydrogen (secondary N) is 1. The van der Waals surface area contributed by atoms with Gasteiger partial charge >= 0.3 is 0 Å². The topological polar surface area (TPSA) is 46.2 Å². The van der Waals surface area contributed by atoms with Gasteiger partial charge in [-0.1, -0.05) is 29.8 Å². The molecule has 3 nitrogen and oxygen atoms in total.